The van der Waals surface area contributed by atoms with Gasteiger partial charge in [-0.1, -0.05) is 17.7 Å². The lowest BCUT2D eigenvalue weighted by atomic mass is 10.1. The molecule has 0 aliphatic carbocycles. The number of halogens is 1. The standard InChI is InChI=1S/C9H11ClO2/c1-6(11)8-4-3-7(10)5-9(8)12-2/h3-6,11H,1-2H3/t6-/m1/s1. The van der Waals surface area contributed by atoms with E-state index in [1.165, 1.54) is 0 Å². The van der Waals surface area contributed by atoms with Crippen LogP contribution in [0.4, 0.5) is 0 Å². The second-order valence-electron chi connectivity index (χ2n) is 2.56. The van der Waals surface area contributed by atoms with Crippen molar-refractivity contribution < 1.29 is 9.84 Å². The van der Waals surface area contributed by atoms with Crippen LogP contribution in [-0.4, -0.2) is 12.2 Å². The van der Waals surface area contributed by atoms with E-state index in [4.69, 9.17) is 16.3 Å². The molecule has 0 heterocycles. The highest BCUT2D eigenvalue weighted by atomic mass is 35.5. The summed E-state index contributed by atoms with van der Waals surface area (Å²) in [5.41, 5.74) is 0.752. The van der Waals surface area contributed by atoms with Crippen molar-refractivity contribution in [3.05, 3.63) is 28.8 Å². The number of methoxy groups -OCH3 is 1. The van der Waals surface area contributed by atoms with Gasteiger partial charge in [-0.05, 0) is 19.1 Å². The van der Waals surface area contributed by atoms with Crippen LogP contribution in [0.25, 0.3) is 0 Å². The molecule has 0 aromatic heterocycles. The molecule has 0 amide bonds. The van der Waals surface area contributed by atoms with E-state index >= 15 is 0 Å². The number of benzene rings is 1. The second kappa shape index (κ2) is 3.78. The lowest BCUT2D eigenvalue weighted by molar-refractivity contribution is 0.194. The molecule has 0 aliphatic rings. The van der Waals surface area contributed by atoms with E-state index in [0.717, 1.165) is 5.56 Å². The number of hydrogen-bond donors (Lipinski definition) is 1. The van der Waals surface area contributed by atoms with Gasteiger partial charge in [-0.3, -0.25) is 0 Å². The number of aliphatic hydroxyl groups excluding tert-OH is 1. The topological polar surface area (TPSA) is 29.5 Å². The van der Waals surface area contributed by atoms with Gasteiger partial charge in [0.25, 0.3) is 0 Å². The highest BCUT2D eigenvalue weighted by molar-refractivity contribution is 6.30. The number of ether oxygens (including phenoxy) is 1. The first-order valence-corrected chi connectivity index (χ1v) is 4.04. The molecule has 1 N–H and O–H groups in total. The fraction of sp³-hybridized carbons (Fsp3) is 0.333. The van der Waals surface area contributed by atoms with Crippen molar-refractivity contribution in [3.8, 4) is 5.75 Å². The SMILES string of the molecule is COc1cc(Cl)ccc1[C@@H](C)O. The van der Waals surface area contributed by atoms with Crippen LogP contribution in [0.5, 0.6) is 5.75 Å². The first kappa shape index (κ1) is 9.36. The summed E-state index contributed by atoms with van der Waals surface area (Å²) in [5, 5.41) is 9.91. The number of rotatable bonds is 2. The monoisotopic (exact) mass is 186 g/mol. The molecule has 66 valence electrons. The molecule has 0 unspecified atom stereocenters. The van der Waals surface area contributed by atoms with Crippen molar-refractivity contribution in [1.82, 2.24) is 0 Å². The zero-order valence-corrected chi connectivity index (χ0v) is 7.80. The molecule has 0 fully saturated rings. The van der Waals surface area contributed by atoms with Crippen LogP contribution in [0, 0.1) is 0 Å². The van der Waals surface area contributed by atoms with E-state index in [0.29, 0.717) is 10.8 Å². The number of hydrogen-bond acceptors (Lipinski definition) is 2. The number of aliphatic hydroxyl groups is 1. The first-order valence-electron chi connectivity index (χ1n) is 3.66. The Morgan fingerprint density at radius 2 is 2.17 bits per heavy atom. The van der Waals surface area contributed by atoms with E-state index in [-0.39, 0.29) is 0 Å². The van der Waals surface area contributed by atoms with Gasteiger partial charge in [-0.2, -0.15) is 0 Å². The molecular weight excluding hydrogens is 176 g/mol. The minimum Gasteiger partial charge on any atom is -0.496 e. The lowest BCUT2D eigenvalue weighted by Crippen LogP contribution is -1.95. The summed E-state index contributed by atoms with van der Waals surface area (Å²) in [6, 6.07) is 5.17. The summed E-state index contributed by atoms with van der Waals surface area (Å²) in [6.45, 7) is 1.69. The molecule has 0 saturated carbocycles. The Kier molecular flexibility index (Phi) is 2.95. The minimum absolute atomic E-state index is 0.530. The van der Waals surface area contributed by atoms with Gasteiger partial charge in [0.15, 0.2) is 0 Å². The summed E-state index contributed by atoms with van der Waals surface area (Å²) in [5.74, 6) is 0.623. The van der Waals surface area contributed by atoms with Gasteiger partial charge in [0.1, 0.15) is 5.75 Å². The molecule has 0 aliphatic heterocycles. The molecule has 1 rings (SSSR count). The quantitative estimate of drug-likeness (QED) is 0.769. The molecule has 0 saturated heterocycles. The predicted octanol–water partition coefficient (Wildman–Crippen LogP) is 2.40. The highest BCUT2D eigenvalue weighted by Gasteiger charge is 2.07. The van der Waals surface area contributed by atoms with Gasteiger partial charge in [0.2, 0.25) is 0 Å². The van der Waals surface area contributed by atoms with Gasteiger partial charge < -0.3 is 9.84 Å². The maximum absolute atomic E-state index is 9.30. The van der Waals surface area contributed by atoms with Gasteiger partial charge in [-0.25, -0.2) is 0 Å². The fourth-order valence-electron chi connectivity index (χ4n) is 1.03. The third-order valence-corrected chi connectivity index (χ3v) is 1.88. The summed E-state index contributed by atoms with van der Waals surface area (Å²) in [6.07, 6.45) is -0.530. The van der Waals surface area contributed by atoms with E-state index in [1.54, 1.807) is 32.2 Å². The lowest BCUT2D eigenvalue weighted by Gasteiger charge is -2.10. The van der Waals surface area contributed by atoms with Crippen LogP contribution in [0.2, 0.25) is 5.02 Å². The molecule has 0 radical (unpaired) electrons. The average Bonchev–Trinajstić information content (AvgIpc) is 2.03. The van der Waals surface area contributed by atoms with Crippen molar-refractivity contribution in [2.45, 2.75) is 13.0 Å². The van der Waals surface area contributed by atoms with Gasteiger partial charge in [-0.15, -0.1) is 0 Å². The Morgan fingerprint density at radius 1 is 1.50 bits per heavy atom. The predicted molar refractivity (Wildman–Crippen MR) is 48.6 cm³/mol. The largest absolute Gasteiger partial charge is 0.496 e. The van der Waals surface area contributed by atoms with E-state index in [1.807, 2.05) is 0 Å². The Labute approximate surface area is 76.7 Å². The van der Waals surface area contributed by atoms with Crippen molar-refractivity contribution in [2.24, 2.45) is 0 Å². The van der Waals surface area contributed by atoms with Gasteiger partial charge in [0, 0.05) is 10.6 Å². The van der Waals surface area contributed by atoms with Crippen LogP contribution in [0.1, 0.15) is 18.6 Å². The van der Waals surface area contributed by atoms with Gasteiger partial charge in [0.05, 0.1) is 13.2 Å². The van der Waals surface area contributed by atoms with E-state index in [9.17, 15) is 5.11 Å². The average molecular weight is 187 g/mol. The molecule has 12 heavy (non-hydrogen) atoms. The molecule has 1 aromatic carbocycles. The highest BCUT2D eigenvalue weighted by Crippen LogP contribution is 2.27. The van der Waals surface area contributed by atoms with Crippen molar-refractivity contribution in [3.63, 3.8) is 0 Å². The van der Waals surface area contributed by atoms with E-state index < -0.39 is 6.10 Å². The zero-order valence-electron chi connectivity index (χ0n) is 7.04. The molecule has 1 aromatic rings. The summed E-state index contributed by atoms with van der Waals surface area (Å²) >= 11 is 5.74. The maximum Gasteiger partial charge on any atom is 0.126 e. The van der Waals surface area contributed by atoms with Crippen LogP contribution in [-0.2, 0) is 0 Å². The minimum atomic E-state index is -0.530. The van der Waals surface area contributed by atoms with E-state index in [2.05, 4.69) is 0 Å². The van der Waals surface area contributed by atoms with Crippen LogP contribution in [0.15, 0.2) is 18.2 Å². The molecule has 0 bridgehead atoms. The van der Waals surface area contributed by atoms with Crippen molar-refractivity contribution in [1.29, 1.82) is 0 Å². The molecule has 3 heteroatoms. The Morgan fingerprint density at radius 3 is 2.67 bits per heavy atom. The molecule has 1 atom stereocenters. The fourth-order valence-corrected chi connectivity index (χ4v) is 1.19. The summed E-state index contributed by atoms with van der Waals surface area (Å²) in [4.78, 5) is 0. The third-order valence-electron chi connectivity index (χ3n) is 1.65. The summed E-state index contributed by atoms with van der Waals surface area (Å²) < 4.78 is 5.04. The van der Waals surface area contributed by atoms with Crippen LogP contribution >= 0.6 is 11.6 Å². The smallest absolute Gasteiger partial charge is 0.126 e. The van der Waals surface area contributed by atoms with Crippen LogP contribution in [0.3, 0.4) is 0 Å². The molecule has 0 spiro atoms. The molecular formula is C9H11ClO2. The van der Waals surface area contributed by atoms with Crippen LogP contribution < -0.4 is 4.74 Å². The normalized spacial score (nSPS) is 12.7. The van der Waals surface area contributed by atoms with Crippen molar-refractivity contribution in [2.75, 3.05) is 7.11 Å². The Balaban J connectivity index is 3.11. The Bertz CT molecular complexity index is 271. The first-order chi connectivity index (χ1) is 5.65. The van der Waals surface area contributed by atoms with Gasteiger partial charge >= 0.3 is 0 Å². The summed E-state index contributed by atoms with van der Waals surface area (Å²) in [7, 11) is 1.55. The zero-order chi connectivity index (χ0) is 9.14. The second-order valence-corrected chi connectivity index (χ2v) is 3.00. The van der Waals surface area contributed by atoms with Crippen molar-refractivity contribution >= 4 is 11.6 Å². The maximum atomic E-state index is 9.30. The third kappa shape index (κ3) is 1.90. The Hall–Kier alpha value is -0.730. The molecule has 2 nitrogen and oxygen atoms in total.